The summed E-state index contributed by atoms with van der Waals surface area (Å²) < 4.78 is 75.7. The van der Waals surface area contributed by atoms with E-state index in [1.165, 1.54) is 12.1 Å². The van der Waals surface area contributed by atoms with Crippen LogP contribution < -0.4 is 4.74 Å². The summed E-state index contributed by atoms with van der Waals surface area (Å²) in [4.78, 5) is 0. The van der Waals surface area contributed by atoms with Gasteiger partial charge >= 0.3 is 6.18 Å². The van der Waals surface area contributed by atoms with Gasteiger partial charge in [0.2, 0.25) is 15.9 Å². The Labute approximate surface area is 179 Å². The van der Waals surface area contributed by atoms with Gasteiger partial charge in [-0.15, -0.1) is 0 Å². The first-order chi connectivity index (χ1) is 14.5. The molecule has 0 saturated heterocycles. The van der Waals surface area contributed by atoms with Gasteiger partial charge in [-0.05, 0) is 50.2 Å². The number of hydrogen-bond acceptors (Lipinski definition) is 4. The highest BCUT2D eigenvalue weighted by Gasteiger charge is 2.30. The minimum absolute atomic E-state index is 0.137. The molecule has 0 unspecified atom stereocenters. The number of halogens is 3. The monoisotopic (exact) mass is 453 g/mol. The first-order valence-electron chi connectivity index (χ1n) is 9.48. The molecule has 1 heterocycles. The van der Waals surface area contributed by atoms with Gasteiger partial charge in [0, 0.05) is 11.1 Å². The largest absolute Gasteiger partial charge is 0.478 e. The standard InChI is InChI=1S/C22H22F3NO4S/c1-4-29-21-18(6-5-13-26(21)31(3,27)28)19-14-15(2)7-12-20(19)30-17-10-8-16(9-11-17)22(23,24)25/h5-12,14H,4,13H2,1-3H3. The molecule has 1 aliphatic rings. The van der Waals surface area contributed by atoms with Gasteiger partial charge in [-0.25, -0.2) is 12.7 Å². The Kier molecular flexibility index (Phi) is 6.35. The molecule has 0 spiro atoms. The average Bonchev–Trinajstić information content (AvgIpc) is 2.69. The Balaban J connectivity index is 2.07. The van der Waals surface area contributed by atoms with E-state index in [2.05, 4.69) is 0 Å². The highest BCUT2D eigenvalue weighted by molar-refractivity contribution is 7.88. The molecule has 0 aliphatic carbocycles. The van der Waals surface area contributed by atoms with E-state index in [-0.39, 0.29) is 24.8 Å². The molecule has 31 heavy (non-hydrogen) atoms. The second-order valence-corrected chi connectivity index (χ2v) is 8.88. The number of nitrogens with zero attached hydrogens (tertiary/aromatic N) is 1. The van der Waals surface area contributed by atoms with Crippen molar-refractivity contribution in [3.63, 3.8) is 0 Å². The third-order valence-electron chi connectivity index (χ3n) is 4.53. The normalized spacial score (nSPS) is 14.7. The molecule has 2 aromatic carbocycles. The van der Waals surface area contributed by atoms with Crippen molar-refractivity contribution < 1.29 is 31.1 Å². The summed E-state index contributed by atoms with van der Waals surface area (Å²) in [5.41, 5.74) is 1.18. The summed E-state index contributed by atoms with van der Waals surface area (Å²) >= 11 is 0. The summed E-state index contributed by atoms with van der Waals surface area (Å²) in [5, 5.41) is 0. The van der Waals surface area contributed by atoms with Crippen LogP contribution in [0.3, 0.4) is 0 Å². The summed E-state index contributed by atoms with van der Waals surface area (Å²) in [6.07, 6.45) is 0.107. The van der Waals surface area contributed by atoms with Crippen LogP contribution in [0.25, 0.3) is 5.57 Å². The van der Waals surface area contributed by atoms with E-state index in [4.69, 9.17) is 9.47 Å². The third-order valence-corrected chi connectivity index (χ3v) is 5.64. The zero-order valence-electron chi connectivity index (χ0n) is 17.2. The van der Waals surface area contributed by atoms with Crippen molar-refractivity contribution in [1.82, 2.24) is 4.31 Å². The van der Waals surface area contributed by atoms with E-state index < -0.39 is 21.8 Å². The second-order valence-electron chi connectivity index (χ2n) is 6.97. The van der Waals surface area contributed by atoms with Crippen LogP contribution in [0, 0.1) is 6.92 Å². The van der Waals surface area contributed by atoms with Crippen LogP contribution in [0.5, 0.6) is 11.5 Å². The molecule has 0 radical (unpaired) electrons. The van der Waals surface area contributed by atoms with Crippen molar-refractivity contribution in [3.8, 4) is 11.5 Å². The fraction of sp³-hybridized carbons (Fsp3) is 0.273. The third kappa shape index (κ3) is 5.22. The molecule has 2 aromatic rings. The number of sulfonamides is 1. The molecule has 0 aromatic heterocycles. The fourth-order valence-electron chi connectivity index (χ4n) is 3.11. The molecule has 0 fully saturated rings. The molecule has 166 valence electrons. The van der Waals surface area contributed by atoms with Crippen LogP contribution in [0.4, 0.5) is 13.2 Å². The van der Waals surface area contributed by atoms with Gasteiger partial charge in [0.1, 0.15) is 11.5 Å². The Morgan fingerprint density at radius 3 is 2.35 bits per heavy atom. The van der Waals surface area contributed by atoms with Crippen molar-refractivity contribution in [2.45, 2.75) is 20.0 Å². The van der Waals surface area contributed by atoms with Crippen molar-refractivity contribution in [3.05, 3.63) is 77.2 Å². The maximum atomic E-state index is 12.8. The van der Waals surface area contributed by atoms with E-state index in [9.17, 15) is 21.6 Å². The van der Waals surface area contributed by atoms with Gasteiger partial charge in [-0.3, -0.25) is 0 Å². The lowest BCUT2D eigenvalue weighted by atomic mass is 10.0. The Morgan fingerprint density at radius 2 is 1.77 bits per heavy atom. The fourth-order valence-corrected chi connectivity index (χ4v) is 3.92. The number of hydrogen-bond donors (Lipinski definition) is 0. The lowest BCUT2D eigenvalue weighted by Gasteiger charge is -2.29. The SMILES string of the molecule is CCOC1=C(c2cc(C)ccc2Oc2ccc(C(F)(F)F)cc2)C=CCN1S(C)(=O)=O. The van der Waals surface area contributed by atoms with Gasteiger partial charge in [0.25, 0.3) is 0 Å². The predicted octanol–water partition coefficient (Wildman–Crippen LogP) is 5.34. The van der Waals surface area contributed by atoms with E-state index in [1.807, 2.05) is 13.0 Å². The van der Waals surface area contributed by atoms with Crippen LogP contribution in [-0.2, 0) is 20.9 Å². The number of ether oxygens (including phenoxy) is 2. The molecule has 0 bridgehead atoms. The van der Waals surface area contributed by atoms with Gasteiger partial charge in [0.05, 0.1) is 25.0 Å². The predicted molar refractivity (Wildman–Crippen MR) is 112 cm³/mol. The Bertz CT molecular complexity index is 1120. The van der Waals surface area contributed by atoms with Crippen LogP contribution in [0.1, 0.15) is 23.6 Å². The number of aryl methyl sites for hydroxylation is 1. The molecular formula is C22H22F3NO4S. The molecule has 1 aliphatic heterocycles. The molecule has 0 atom stereocenters. The summed E-state index contributed by atoms with van der Waals surface area (Å²) in [6.45, 7) is 4.00. The summed E-state index contributed by atoms with van der Waals surface area (Å²) in [7, 11) is -3.59. The van der Waals surface area contributed by atoms with Gasteiger partial charge in [-0.2, -0.15) is 13.2 Å². The first-order valence-corrected chi connectivity index (χ1v) is 11.3. The molecule has 0 N–H and O–H groups in total. The summed E-state index contributed by atoms with van der Waals surface area (Å²) in [5.74, 6) is 0.754. The minimum Gasteiger partial charge on any atom is -0.478 e. The smallest absolute Gasteiger partial charge is 0.416 e. The van der Waals surface area contributed by atoms with Crippen LogP contribution in [0.15, 0.2) is 60.5 Å². The number of alkyl halides is 3. The lowest BCUT2D eigenvalue weighted by Crippen LogP contribution is -2.33. The van der Waals surface area contributed by atoms with Crippen molar-refractivity contribution >= 4 is 15.6 Å². The first kappa shape index (κ1) is 22.7. The maximum absolute atomic E-state index is 12.8. The van der Waals surface area contributed by atoms with E-state index in [0.717, 1.165) is 28.3 Å². The van der Waals surface area contributed by atoms with Gasteiger partial charge in [-0.1, -0.05) is 23.8 Å². The summed E-state index contributed by atoms with van der Waals surface area (Å²) in [6, 6.07) is 9.66. The van der Waals surface area contributed by atoms with Gasteiger partial charge < -0.3 is 9.47 Å². The van der Waals surface area contributed by atoms with Gasteiger partial charge in [0.15, 0.2) is 0 Å². The zero-order chi connectivity index (χ0) is 22.8. The van der Waals surface area contributed by atoms with Crippen molar-refractivity contribution in [2.24, 2.45) is 0 Å². The topological polar surface area (TPSA) is 55.8 Å². The molecule has 3 rings (SSSR count). The Hall–Kier alpha value is -2.94. The molecular weight excluding hydrogens is 431 g/mol. The minimum atomic E-state index is -4.44. The highest BCUT2D eigenvalue weighted by Crippen LogP contribution is 2.37. The number of rotatable bonds is 6. The lowest BCUT2D eigenvalue weighted by molar-refractivity contribution is -0.137. The highest BCUT2D eigenvalue weighted by atomic mass is 32.2. The van der Waals surface area contributed by atoms with Crippen LogP contribution in [0.2, 0.25) is 0 Å². The quantitative estimate of drug-likeness (QED) is 0.592. The van der Waals surface area contributed by atoms with Crippen molar-refractivity contribution in [2.75, 3.05) is 19.4 Å². The second kappa shape index (κ2) is 8.66. The van der Waals surface area contributed by atoms with E-state index in [1.54, 1.807) is 31.2 Å². The Morgan fingerprint density at radius 1 is 1.10 bits per heavy atom. The van der Waals surface area contributed by atoms with Crippen LogP contribution in [-0.4, -0.2) is 32.1 Å². The molecule has 9 heteroatoms. The molecule has 0 saturated carbocycles. The number of allylic oxidation sites excluding steroid dienone is 2. The molecule has 5 nitrogen and oxygen atoms in total. The van der Waals surface area contributed by atoms with Crippen molar-refractivity contribution in [1.29, 1.82) is 0 Å². The van der Waals surface area contributed by atoms with Crippen LogP contribution >= 0.6 is 0 Å². The zero-order valence-corrected chi connectivity index (χ0v) is 18.0. The molecule has 0 amide bonds. The number of benzene rings is 2. The maximum Gasteiger partial charge on any atom is 0.416 e. The average molecular weight is 453 g/mol. The van der Waals surface area contributed by atoms with E-state index in [0.29, 0.717) is 16.9 Å². The van der Waals surface area contributed by atoms with E-state index >= 15 is 0 Å².